The van der Waals surface area contributed by atoms with Crippen molar-refractivity contribution in [2.45, 2.75) is 27.4 Å². The number of hydrogen-bond acceptors (Lipinski definition) is 5. The van der Waals surface area contributed by atoms with E-state index in [1.54, 1.807) is 17.1 Å². The van der Waals surface area contributed by atoms with Gasteiger partial charge in [0.1, 0.15) is 12.3 Å². The molecule has 0 radical (unpaired) electrons. The van der Waals surface area contributed by atoms with Gasteiger partial charge in [0.2, 0.25) is 0 Å². The molecule has 0 N–H and O–H groups in total. The van der Waals surface area contributed by atoms with E-state index in [1.165, 1.54) is 11.1 Å². The summed E-state index contributed by atoms with van der Waals surface area (Å²) in [5.41, 5.74) is 5.17. The zero-order valence-electron chi connectivity index (χ0n) is 12.8. The van der Waals surface area contributed by atoms with Gasteiger partial charge in [-0.2, -0.15) is 0 Å². The van der Waals surface area contributed by atoms with E-state index in [0.29, 0.717) is 6.01 Å². The molecule has 6 nitrogen and oxygen atoms in total. The SMILES string of the molecule is Cc1cnc(OCc2cn(-c3ccc(C)c(C)c3)nn2)nc1. The van der Waals surface area contributed by atoms with E-state index < -0.39 is 0 Å². The lowest BCUT2D eigenvalue weighted by Gasteiger charge is -2.04. The van der Waals surface area contributed by atoms with Crippen LogP contribution >= 0.6 is 0 Å². The van der Waals surface area contributed by atoms with E-state index in [2.05, 4.69) is 46.3 Å². The summed E-state index contributed by atoms with van der Waals surface area (Å²) in [6, 6.07) is 6.51. The quantitative estimate of drug-likeness (QED) is 0.740. The summed E-state index contributed by atoms with van der Waals surface area (Å²) in [5.74, 6) is 0. The smallest absolute Gasteiger partial charge is 0.316 e. The monoisotopic (exact) mass is 295 g/mol. The highest BCUT2D eigenvalue weighted by Gasteiger charge is 2.06. The van der Waals surface area contributed by atoms with Crippen LogP contribution in [-0.2, 0) is 6.61 Å². The van der Waals surface area contributed by atoms with Crippen molar-refractivity contribution in [2.24, 2.45) is 0 Å². The Bertz CT molecular complexity index is 779. The van der Waals surface area contributed by atoms with Crippen molar-refractivity contribution in [2.75, 3.05) is 0 Å². The molecule has 0 amide bonds. The number of benzene rings is 1. The van der Waals surface area contributed by atoms with E-state index in [-0.39, 0.29) is 6.61 Å². The number of ether oxygens (including phenoxy) is 1. The van der Waals surface area contributed by atoms with Crippen LogP contribution in [0.1, 0.15) is 22.4 Å². The Morgan fingerprint density at radius 1 is 1.05 bits per heavy atom. The fraction of sp³-hybridized carbons (Fsp3) is 0.250. The first-order valence-corrected chi connectivity index (χ1v) is 7.02. The van der Waals surface area contributed by atoms with Gasteiger partial charge in [0, 0.05) is 12.4 Å². The Labute approximate surface area is 128 Å². The van der Waals surface area contributed by atoms with Gasteiger partial charge in [-0.1, -0.05) is 11.3 Å². The molecule has 0 unspecified atom stereocenters. The Balaban J connectivity index is 1.70. The summed E-state index contributed by atoms with van der Waals surface area (Å²) in [5, 5.41) is 8.24. The van der Waals surface area contributed by atoms with Crippen LogP contribution in [-0.4, -0.2) is 25.0 Å². The first-order chi connectivity index (χ1) is 10.6. The summed E-state index contributed by atoms with van der Waals surface area (Å²) < 4.78 is 7.24. The minimum absolute atomic E-state index is 0.286. The van der Waals surface area contributed by atoms with Crippen LogP contribution in [0.3, 0.4) is 0 Å². The molecule has 0 saturated carbocycles. The lowest BCUT2D eigenvalue weighted by Crippen LogP contribution is -1.99. The molecule has 0 aliphatic carbocycles. The molecule has 0 fully saturated rings. The fourth-order valence-electron chi connectivity index (χ4n) is 1.95. The van der Waals surface area contributed by atoms with Crippen molar-refractivity contribution in [3.05, 3.63) is 59.2 Å². The average molecular weight is 295 g/mol. The molecule has 2 aromatic heterocycles. The minimum Gasteiger partial charge on any atom is -0.457 e. The number of nitrogens with zero attached hydrogens (tertiary/aromatic N) is 5. The van der Waals surface area contributed by atoms with E-state index in [1.807, 2.05) is 19.2 Å². The maximum atomic E-state index is 5.50. The second kappa shape index (κ2) is 5.93. The lowest BCUT2D eigenvalue weighted by molar-refractivity contribution is 0.276. The first kappa shape index (κ1) is 14.2. The van der Waals surface area contributed by atoms with Gasteiger partial charge in [-0.25, -0.2) is 14.6 Å². The van der Waals surface area contributed by atoms with Gasteiger partial charge >= 0.3 is 6.01 Å². The van der Waals surface area contributed by atoms with Crippen LogP contribution in [0.4, 0.5) is 0 Å². The van der Waals surface area contributed by atoms with Crippen LogP contribution < -0.4 is 4.74 Å². The molecular weight excluding hydrogens is 278 g/mol. The molecule has 3 rings (SSSR count). The van der Waals surface area contributed by atoms with Gasteiger partial charge in [0.05, 0.1) is 11.9 Å². The van der Waals surface area contributed by atoms with E-state index in [9.17, 15) is 0 Å². The van der Waals surface area contributed by atoms with Crippen molar-refractivity contribution in [1.82, 2.24) is 25.0 Å². The van der Waals surface area contributed by atoms with Crippen LogP contribution in [0.2, 0.25) is 0 Å². The predicted octanol–water partition coefficient (Wildman–Crippen LogP) is 2.56. The number of rotatable bonds is 4. The van der Waals surface area contributed by atoms with Crippen molar-refractivity contribution in [1.29, 1.82) is 0 Å². The van der Waals surface area contributed by atoms with Gasteiger partial charge in [-0.3, -0.25) is 0 Å². The van der Waals surface area contributed by atoms with Crippen LogP contribution in [0.15, 0.2) is 36.8 Å². The van der Waals surface area contributed by atoms with Gasteiger partial charge < -0.3 is 4.74 Å². The predicted molar refractivity (Wildman–Crippen MR) is 81.9 cm³/mol. The molecule has 0 spiro atoms. The highest BCUT2D eigenvalue weighted by molar-refractivity contribution is 5.38. The summed E-state index contributed by atoms with van der Waals surface area (Å²) >= 11 is 0. The Morgan fingerprint density at radius 3 is 2.55 bits per heavy atom. The third-order valence-electron chi connectivity index (χ3n) is 3.40. The molecule has 0 saturated heterocycles. The van der Waals surface area contributed by atoms with Gasteiger partial charge in [0.15, 0.2) is 0 Å². The molecule has 112 valence electrons. The second-order valence-corrected chi connectivity index (χ2v) is 5.25. The Morgan fingerprint density at radius 2 is 1.82 bits per heavy atom. The summed E-state index contributed by atoms with van der Waals surface area (Å²) in [6.07, 6.45) is 5.28. The highest BCUT2D eigenvalue weighted by Crippen LogP contribution is 2.13. The zero-order chi connectivity index (χ0) is 15.5. The lowest BCUT2D eigenvalue weighted by atomic mass is 10.1. The highest BCUT2D eigenvalue weighted by atomic mass is 16.5. The summed E-state index contributed by atoms with van der Waals surface area (Å²) in [4.78, 5) is 8.18. The molecular formula is C16H17N5O. The fourth-order valence-corrected chi connectivity index (χ4v) is 1.95. The largest absolute Gasteiger partial charge is 0.457 e. The van der Waals surface area contributed by atoms with Crippen molar-refractivity contribution in [3.63, 3.8) is 0 Å². The van der Waals surface area contributed by atoms with Crippen LogP contribution in [0.25, 0.3) is 5.69 Å². The van der Waals surface area contributed by atoms with Crippen LogP contribution in [0, 0.1) is 20.8 Å². The average Bonchev–Trinajstić information content (AvgIpc) is 2.98. The topological polar surface area (TPSA) is 65.7 Å². The minimum atomic E-state index is 0.286. The summed E-state index contributed by atoms with van der Waals surface area (Å²) in [6.45, 7) is 6.38. The van der Waals surface area contributed by atoms with Gasteiger partial charge in [-0.15, -0.1) is 5.10 Å². The second-order valence-electron chi connectivity index (χ2n) is 5.25. The van der Waals surface area contributed by atoms with Crippen molar-refractivity contribution >= 4 is 0 Å². The number of aromatic nitrogens is 5. The Kier molecular flexibility index (Phi) is 3.82. The molecule has 0 aliphatic rings. The normalized spacial score (nSPS) is 10.7. The zero-order valence-corrected chi connectivity index (χ0v) is 12.8. The maximum absolute atomic E-state index is 5.50. The summed E-state index contributed by atoms with van der Waals surface area (Å²) in [7, 11) is 0. The number of aryl methyl sites for hydroxylation is 3. The number of hydrogen-bond donors (Lipinski definition) is 0. The van der Waals surface area contributed by atoms with Crippen LogP contribution in [0.5, 0.6) is 6.01 Å². The molecule has 1 aromatic carbocycles. The third-order valence-corrected chi connectivity index (χ3v) is 3.40. The van der Waals surface area contributed by atoms with Crippen molar-refractivity contribution in [3.8, 4) is 11.7 Å². The van der Waals surface area contributed by atoms with E-state index in [0.717, 1.165) is 16.9 Å². The molecule has 0 bridgehead atoms. The van der Waals surface area contributed by atoms with Crippen molar-refractivity contribution < 1.29 is 4.74 Å². The maximum Gasteiger partial charge on any atom is 0.316 e. The van der Waals surface area contributed by atoms with Gasteiger partial charge in [0.25, 0.3) is 0 Å². The third kappa shape index (κ3) is 3.11. The van der Waals surface area contributed by atoms with Gasteiger partial charge in [-0.05, 0) is 49.6 Å². The molecule has 22 heavy (non-hydrogen) atoms. The molecule has 0 atom stereocenters. The van der Waals surface area contributed by atoms with E-state index >= 15 is 0 Å². The molecule has 2 heterocycles. The Hall–Kier alpha value is -2.76. The first-order valence-electron chi connectivity index (χ1n) is 7.02. The molecule has 3 aromatic rings. The standard InChI is InChI=1S/C16H17N5O/c1-11-7-17-16(18-8-11)22-10-14-9-21(20-19-14)15-5-4-12(2)13(3)6-15/h4-9H,10H2,1-3H3. The molecule has 6 heteroatoms. The van der Waals surface area contributed by atoms with E-state index in [4.69, 9.17) is 4.74 Å². The molecule has 0 aliphatic heterocycles.